The van der Waals surface area contributed by atoms with Crippen LogP contribution in [0.5, 0.6) is 0 Å². The zero-order valence-electron chi connectivity index (χ0n) is 10.8. The Morgan fingerprint density at radius 1 is 1.06 bits per heavy atom. The molecule has 0 aliphatic rings. The largest absolute Gasteiger partial charge is 0.394 e. The summed E-state index contributed by atoms with van der Waals surface area (Å²) in [5.74, 6) is 0.230. The number of likely N-dealkylation sites (N-methyl/N-ethyl adjacent to an activating group) is 1. The molecule has 7 heteroatoms. The van der Waals surface area contributed by atoms with Crippen LogP contribution in [0.4, 0.5) is 0 Å². The number of hydrogen-bond acceptors (Lipinski definition) is 6. The highest BCUT2D eigenvalue weighted by atomic mass is 16.4. The number of aliphatic hydroxyl groups excluding tert-OH is 5. The van der Waals surface area contributed by atoms with E-state index in [-0.39, 0.29) is 12.5 Å². The average Bonchev–Trinajstić information content (AvgIpc) is 2.34. The van der Waals surface area contributed by atoms with Crippen LogP contribution in [0.2, 0.25) is 0 Å². The molecule has 18 heavy (non-hydrogen) atoms. The second-order valence-corrected chi connectivity index (χ2v) is 4.48. The smallest absolute Gasteiger partial charge is 0.229 e. The highest BCUT2D eigenvalue weighted by molar-refractivity contribution is 5.88. The molecule has 1 radical (unpaired) electrons. The second-order valence-electron chi connectivity index (χ2n) is 4.48. The third-order valence-electron chi connectivity index (χ3n) is 2.56. The van der Waals surface area contributed by atoms with Crippen LogP contribution in [0.3, 0.4) is 0 Å². The van der Waals surface area contributed by atoms with Gasteiger partial charge in [0.25, 0.3) is 0 Å². The number of rotatable bonds is 7. The Bertz CT molecular complexity index is 260. The standard InChI is InChI=1S/C11H22NO6/c1-6(2)11(18)12(3)4-7(14)9(16)10(17)8(15)5-13/h7-10,13-17H,4-5H2,1-3H3. The van der Waals surface area contributed by atoms with Crippen molar-refractivity contribution in [2.75, 3.05) is 20.2 Å². The van der Waals surface area contributed by atoms with Gasteiger partial charge >= 0.3 is 0 Å². The Hall–Kier alpha value is -0.730. The van der Waals surface area contributed by atoms with Crippen LogP contribution in [0, 0.1) is 5.92 Å². The Kier molecular flexibility index (Phi) is 7.34. The first-order chi connectivity index (χ1) is 8.22. The van der Waals surface area contributed by atoms with E-state index < -0.39 is 31.0 Å². The average molecular weight is 264 g/mol. The van der Waals surface area contributed by atoms with E-state index in [0.717, 1.165) is 0 Å². The molecule has 0 aromatic carbocycles. The molecule has 0 aliphatic carbocycles. The van der Waals surface area contributed by atoms with Gasteiger partial charge in [0.2, 0.25) is 5.91 Å². The molecular formula is C11H22NO6. The highest BCUT2D eigenvalue weighted by Gasteiger charge is 2.31. The minimum Gasteiger partial charge on any atom is -0.394 e. The lowest BCUT2D eigenvalue weighted by molar-refractivity contribution is -0.136. The number of carbonyl (C=O) groups excluding carboxylic acids is 1. The van der Waals surface area contributed by atoms with Gasteiger partial charge in [0.15, 0.2) is 0 Å². The van der Waals surface area contributed by atoms with Crippen molar-refractivity contribution in [2.45, 2.75) is 38.3 Å². The monoisotopic (exact) mass is 264 g/mol. The van der Waals surface area contributed by atoms with Crippen LogP contribution in [-0.4, -0.2) is 81.0 Å². The molecule has 0 rings (SSSR count). The Balaban J connectivity index is 4.39. The third-order valence-corrected chi connectivity index (χ3v) is 2.56. The van der Waals surface area contributed by atoms with E-state index in [1.54, 1.807) is 13.8 Å². The van der Waals surface area contributed by atoms with Crippen LogP contribution in [-0.2, 0) is 4.79 Å². The maximum atomic E-state index is 11.5. The van der Waals surface area contributed by atoms with E-state index in [4.69, 9.17) is 10.2 Å². The lowest BCUT2D eigenvalue weighted by Gasteiger charge is -2.29. The fraction of sp³-hybridized carbons (Fsp3) is 0.818. The van der Waals surface area contributed by atoms with Crippen molar-refractivity contribution in [1.29, 1.82) is 0 Å². The van der Waals surface area contributed by atoms with E-state index in [9.17, 15) is 20.1 Å². The van der Waals surface area contributed by atoms with Crippen LogP contribution in [0.1, 0.15) is 13.8 Å². The van der Waals surface area contributed by atoms with Crippen molar-refractivity contribution in [2.24, 2.45) is 0 Å². The van der Waals surface area contributed by atoms with Crippen molar-refractivity contribution >= 4 is 5.91 Å². The molecule has 0 heterocycles. The van der Waals surface area contributed by atoms with E-state index >= 15 is 0 Å². The first kappa shape index (κ1) is 17.3. The Morgan fingerprint density at radius 2 is 1.50 bits per heavy atom. The number of hydrogen-bond donors (Lipinski definition) is 5. The molecule has 4 unspecified atom stereocenters. The van der Waals surface area contributed by atoms with Gasteiger partial charge in [-0.2, -0.15) is 0 Å². The maximum Gasteiger partial charge on any atom is 0.229 e. The predicted molar refractivity (Wildman–Crippen MR) is 63.3 cm³/mol. The summed E-state index contributed by atoms with van der Waals surface area (Å²) in [6.07, 6.45) is -6.30. The number of amides is 1. The molecule has 1 amide bonds. The number of nitrogens with zero attached hydrogens (tertiary/aromatic N) is 1. The summed E-state index contributed by atoms with van der Waals surface area (Å²) in [5, 5.41) is 46.3. The van der Waals surface area contributed by atoms with Gasteiger partial charge in [-0.05, 0) is 13.8 Å². The molecule has 107 valence electrons. The molecule has 0 saturated heterocycles. The molecule has 0 spiro atoms. The SMILES string of the molecule is C[C](C)C(=O)N(C)CC(O)C(O)C(O)C(O)CO. The van der Waals surface area contributed by atoms with E-state index in [0.29, 0.717) is 5.92 Å². The van der Waals surface area contributed by atoms with Crippen molar-refractivity contribution in [3.63, 3.8) is 0 Å². The van der Waals surface area contributed by atoms with Crippen molar-refractivity contribution in [1.82, 2.24) is 4.90 Å². The number of carbonyl (C=O) groups is 1. The summed E-state index contributed by atoms with van der Waals surface area (Å²) < 4.78 is 0. The summed E-state index contributed by atoms with van der Waals surface area (Å²) in [5.41, 5.74) is 0. The molecule has 0 aliphatic heterocycles. The quantitative estimate of drug-likeness (QED) is 0.346. The first-order valence-electron chi connectivity index (χ1n) is 5.61. The van der Waals surface area contributed by atoms with Crippen LogP contribution >= 0.6 is 0 Å². The van der Waals surface area contributed by atoms with E-state index in [1.165, 1.54) is 11.9 Å². The molecule has 4 atom stereocenters. The van der Waals surface area contributed by atoms with E-state index in [2.05, 4.69) is 0 Å². The van der Waals surface area contributed by atoms with Crippen molar-refractivity contribution < 1.29 is 30.3 Å². The summed E-state index contributed by atoms with van der Waals surface area (Å²) in [7, 11) is 1.44. The molecule has 5 N–H and O–H groups in total. The van der Waals surface area contributed by atoms with Gasteiger partial charge in [-0.1, -0.05) is 0 Å². The Labute approximate surface area is 106 Å². The molecular weight excluding hydrogens is 242 g/mol. The highest BCUT2D eigenvalue weighted by Crippen LogP contribution is 2.08. The van der Waals surface area contributed by atoms with Crippen LogP contribution < -0.4 is 0 Å². The zero-order valence-corrected chi connectivity index (χ0v) is 10.8. The lowest BCUT2D eigenvalue weighted by atomic mass is 10.0. The molecule has 0 aromatic heterocycles. The number of aliphatic hydroxyl groups is 5. The van der Waals surface area contributed by atoms with Gasteiger partial charge in [0.1, 0.15) is 24.4 Å². The van der Waals surface area contributed by atoms with E-state index in [1.807, 2.05) is 0 Å². The maximum absolute atomic E-state index is 11.5. The molecule has 7 nitrogen and oxygen atoms in total. The van der Waals surface area contributed by atoms with Gasteiger partial charge in [0.05, 0.1) is 12.5 Å². The van der Waals surface area contributed by atoms with Gasteiger partial charge < -0.3 is 30.4 Å². The first-order valence-corrected chi connectivity index (χ1v) is 5.61. The van der Waals surface area contributed by atoms with Crippen molar-refractivity contribution in [3.05, 3.63) is 5.92 Å². The van der Waals surface area contributed by atoms with Crippen LogP contribution in [0.15, 0.2) is 0 Å². The van der Waals surface area contributed by atoms with Gasteiger partial charge in [-0.25, -0.2) is 0 Å². The summed E-state index contributed by atoms with van der Waals surface area (Å²) in [6.45, 7) is 2.31. The Morgan fingerprint density at radius 3 is 1.89 bits per heavy atom. The summed E-state index contributed by atoms with van der Waals surface area (Å²) in [4.78, 5) is 12.7. The molecule has 0 bridgehead atoms. The summed E-state index contributed by atoms with van der Waals surface area (Å²) in [6, 6.07) is 0. The lowest BCUT2D eigenvalue weighted by Crippen LogP contribution is -2.50. The minimum absolute atomic E-state index is 0.194. The van der Waals surface area contributed by atoms with Gasteiger partial charge in [-0.15, -0.1) is 0 Å². The summed E-state index contributed by atoms with van der Waals surface area (Å²) >= 11 is 0. The van der Waals surface area contributed by atoms with Crippen molar-refractivity contribution in [3.8, 4) is 0 Å². The molecule has 0 aromatic rings. The third kappa shape index (κ3) is 4.87. The topological polar surface area (TPSA) is 121 Å². The second kappa shape index (κ2) is 7.65. The molecule has 0 saturated carbocycles. The minimum atomic E-state index is -1.68. The fourth-order valence-electron chi connectivity index (χ4n) is 1.42. The van der Waals surface area contributed by atoms with Crippen LogP contribution in [0.25, 0.3) is 0 Å². The molecule has 0 fully saturated rings. The zero-order chi connectivity index (χ0) is 14.5. The van der Waals surface area contributed by atoms with Gasteiger partial charge in [-0.3, -0.25) is 4.79 Å². The van der Waals surface area contributed by atoms with Gasteiger partial charge in [0, 0.05) is 13.6 Å². The predicted octanol–water partition coefficient (Wildman–Crippen LogP) is -2.51. The fourth-order valence-corrected chi connectivity index (χ4v) is 1.42. The normalized spacial score (nSPS) is 18.3.